The minimum Gasteiger partial charge on any atom is -0.376 e. The third kappa shape index (κ3) is 1.46. The van der Waals surface area contributed by atoms with Gasteiger partial charge in [-0.3, -0.25) is 5.10 Å². The molecule has 0 saturated carbocycles. The van der Waals surface area contributed by atoms with Crippen LogP contribution in [-0.2, 0) is 6.42 Å². The van der Waals surface area contributed by atoms with Gasteiger partial charge in [0.15, 0.2) is 0 Å². The van der Waals surface area contributed by atoms with Crippen molar-refractivity contribution in [2.24, 2.45) is 0 Å². The summed E-state index contributed by atoms with van der Waals surface area (Å²) in [6.07, 6.45) is 5.27. The monoisotopic (exact) mass is 217 g/mol. The molecule has 0 spiro atoms. The van der Waals surface area contributed by atoms with Crippen molar-refractivity contribution in [1.82, 2.24) is 10.2 Å². The SMILES string of the molecule is Fc1cccc2c1CCC2Nc1cn[nH]c1. The zero-order valence-electron chi connectivity index (χ0n) is 8.70. The molecule has 3 rings (SSSR count). The van der Waals surface area contributed by atoms with E-state index in [1.165, 1.54) is 6.07 Å². The lowest BCUT2D eigenvalue weighted by atomic mass is 10.1. The van der Waals surface area contributed by atoms with Crippen LogP contribution in [0.1, 0.15) is 23.6 Å². The number of nitrogens with zero attached hydrogens (tertiary/aromatic N) is 1. The first-order valence-electron chi connectivity index (χ1n) is 5.37. The van der Waals surface area contributed by atoms with Gasteiger partial charge in [0, 0.05) is 6.20 Å². The number of H-pyrrole nitrogens is 1. The maximum absolute atomic E-state index is 13.5. The molecule has 3 nitrogen and oxygen atoms in total. The number of fused-ring (bicyclic) bond motifs is 1. The van der Waals surface area contributed by atoms with Gasteiger partial charge in [0.1, 0.15) is 5.82 Å². The van der Waals surface area contributed by atoms with Gasteiger partial charge in [-0.15, -0.1) is 0 Å². The quantitative estimate of drug-likeness (QED) is 0.811. The second-order valence-electron chi connectivity index (χ2n) is 4.03. The Hall–Kier alpha value is -1.84. The molecule has 2 N–H and O–H groups in total. The van der Waals surface area contributed by atoms with Crippen LogP contribution < -0.4 is 5.32 Å². The molecule has 1 unspecified atom stereocenters. The summed E-state index contributed by atoms with van der Waals surface area (Å²) >= 11 is 0. The van der Waals surface area contributed by atoms with E-state index in [0.29, 0.717) is 0 Å². The summed E-state index contributed by atoms with van der Waals surface area (Å²) in [7, 11) is 0. The highest BCUT2D eigenvalue weighted by molar-refractivity contribution is 5.45. The summed E-state index contributed by atoms with van der Waals surface area (Å²) in [6, 6.07) is 5.48. The van der Waals surface area contributed by atoms with E-state index in [4.69, 9.17) is 0 Å². The lowest BCUT2D eigenvalue weighted by Crippen LogP contribution is -2.06. The van der Waals surface area contributed by atoms with Crippen LogP contribution in [0, 0.1) is 5.82 Å². The van der Waals surface area contributed by atoms with Crippen LogP contribution >= 0.6 is 0 Å². The zero-order valence-corrected chi connectivity index (χ0v) is 8.70. The lowest BCUT2D eigenvalue weighted by molar-refractivity contribution is 0.612. The predicted octanol–water partition coefficient (Wildman–Crippen LogP) is 2.65. The minimum atomic E-state index is -0.0889. The predicted molar refractivity (Wildman–Crippen MR) is 59.7 cm³/mol. The van der Waals surface area contributed by atoms with Crippen molar-refractivity contribution in [2.45, 2.75) is 18.9 Å². The highest BCUT2D eigenvalue weighted by atomic mass is 19.1. The van der Waals surface area contributed by atoms with E-state index in [-0.39, 0.29) is 11.9 Å². The summed E-state index contributed by atoms with van der Waals surface area (Å²) in [6.45, 7) is 0. The molecule has 0 bridgehead atoms. The average molecular weight is 217 g/mol. The summed E-state index contributed by atoms with van der Waals surface area (Å²) < 4.78 is 13.5. The molecule has 16 heavy (non-hydrogen) atoms. The minimum absolute atomic E-state index is 0.0889. The molecular weight excluding hydrogens is 205 g/mol. The van der Waals surface area contributed by atoms with Gasteiger partial charge in [0.25, 0.3) is 0 Å². The summed E-state index contributed by atoms with van der Waals surface area (Å²) in [4.78, 5) is 0. The fraction of sp³-hybridized carbons (Fsp3) is 0.250. The van der Waals surface area contributed by atoms with Crippen molar-refractivity contribution in [3.63, 3.8) is 0 Å². The molecule has 1 heterocycles. The second-order valence-corrected chi connectivity index (χ2v) is 4.03. The molecule has 0 aliphatic heterocycles. The number of halogens is 1. The molecule has 1 aliphatic carbocycles. The van der Waals surface area contributed by atoms with Crippen LogP contribution in [0.5, 0.6) is 0 Å². The normalized spacial score (nSPS) is 18.4. The zero-order chi connectivity index (χ0) is 11.0. The van der Waals surface area contributed by atoms with Crippen molar-refractivity contribution in [3.8, 4) is 0 Å². The first-order chi connectivity index (χ1) is 7.84. The molecule has 1 aromatic heterocycles. The molecule has 2 aromatic rings. The maximum Gasteiger partial charge on any atom is 0.126 e. The van der Waals surface area contributed by atoms with E-state index in [0.717, 1.165) is 29.7 Å². The summed E-state index contributed by atoms with van der Waals surface area (Å²) in [5, 5.41) is 9.97. The topological polar surface area (TPSA) is 40.7 Å². The second kappa shape index (κ2) is 3.63. The van der Waals surface area contributed by atoms with Crippen LogP contribution in [0.15, 0.2) is 30.6 Å². The molecule has 0 radical (unpaired) electrons. The lowest BCUT2D eigenvalue weighted by Gasteiger charge is -2.13. The van der Waals surface area contributed by atoms with Crippen LogP contribution in [-0.4, -0.2) is 10.2 Å². The van der Waals surface area contributed by atoms with Gasteiger partial charge in [0.2, 0.25) is 0 Å². The number of benzene rings is 1. The fourth-order valence-electron chi connectivity index (χ4n) is 2.29. The molecule has 82 valence electrons. The van der Waals surface area contributed by atoms with Gasteiger partial charge in [-0.25, -0.2) is 4.39 Å². The van der Waals surface area contributed by atoms with Crippen LogP contribution in [0.3, 0.4) is 0 Å². The average Bonchev–Trinajstić information content (AvgIpc) is 2.90. The van der Waals surface area contributed by atoms with Crippen molar-refractivity contribution in [1.29, 1.82) is 0 Å². The number of hydrogen-bond acceptors (Lipinski definition) is 2. The number of anilines is 1. The molecule has 1 aromatic carbocycles. The van der Waals surface area contributed by atoms with Gasteiger partial charge in [-0.2, -0.15) is 5.10 Å². The van der Waals surface area contributed by atoms with E-state index in [1.54, 1.807) is 18.5 Å². The Morgan fingerprint density at radius 2 is 2.38 bits per heavy atom. The van der Waals surface area contributed by atoms with Crippen molar-refractivity contribution in [2.75, 3.05) is 5.32 Å². The molecule has 1 aliphatic rings. The van der Waals surface area contributed by atoms with E-state index < -0.39 is 0 Å². The highest BCUT2D eigenvalue weighted by Crippen LogP contribution is 2.34. The standard InChI is InChI=1S/C12H12FN3/c13-11-3-1-2-10-9(11)4-5-12(10)16-8-6-14-15-7-8/h1-3,6-7,12,16H,4-5H2,(H,14,15). The van der Waals surface area contributed by atoms with Gasteiger partial charge in [-0.1, -0.05) is 12.1 Å². The molecule has 0 saturated heterocycles. The molecular formula is C12H12FN3. The Kier molecular flexibility index (Phi) is 2.13. The highest BCUT2D eigenvalue weighted by Gasteiger charge is 2.24. The van der Waals surface area contributed by atoms with E-state index >= 15 is 0 Å². The largest absolute Gasteiger partial charge is 0.376 e. The summed E-state index contributed by atoms with van der Waals surface area (Å²) in [5.74, 6) is -0.0889. The first kappa shape index (κ1) is 9.39. The van der Waals surface area contributed by atoms with Crippen molar-refractivity contribution in [3.05, 3.63) is 47.5 Å². The Morgan fingerprint density at radius 3 is 3.19 bits per heavy atom. The Morgan fingerprint density at radius 1 is 1.44 bits per heavy atom. The van der Waals surface area contributed by atoms with E-state index in [1.807, 2.05) is 6.07 Å². The number of aromatic nitrogens is 2. The first-order valence-corrected chi connectivity index (χ1v) is 5.37. The van der Waals surface area contributed by atoms with Crippen LogP contribution in [0.25, 0.3) is 0 Å². The molecule has 0 amide bonds. The van der Waals surface area contributed by atoms with Crippen molar-refractivity contribution < 1.29 is 4.39 Å². The van der Waals surface area contributed by atoms with Gasteiger partial charge >= 0.3 is 0 Å². The van der Waals surface area contributed by atoms with E-state index in [2.05, 4.69) is 15.5 Å². The smallest absolute Gasteiger partial charge is 0.126 e. The number of aromatic amines is 1. The van der Waals surface area contributed by atoms with Crippen LogP contribution in [0.2, 0.25) is 0 Å². The van der Waals surface area contributed by atoms with Crippen LogP contribution in [0.4, 0.5) is 10.1 Å². The maximum atomic E-state index is 13.5. The third-order valence-corrected chi connectivity index (χ3v) is 3.05. The fourth-order valence-corrected chi connectivity index (χ4v) is 2.29. The number of rotatable bonds is 2. The summed E-state index contributed by atoms with van der Waals surface area (Å²) in [5.41, 5.74) is 2.87. The number of nitrogens with one attached hydrogen (secondary N) is 2. The third-order valence-electron chi connectivity index (χ3n) is 3.05. The molecule has 0 fully saturated rings. The molecule has 1 atom stereocenters. The van der Waals surface area contributed by atoms with Gasteiger partial charge in [0.05, 0.1) is 17.9 Å². The Balaban J connectivity index is 1.89. The Labute approximate surface area is 92.7 Å². The van der Waals surface area contributed by atoms with Gasteiger partial charge in [-0.05, 0) is 30.0 Å². The number of hydrogen-bond donors (Lipinski definition) is 2. The molecule has 4 heteroatoms. The van der Waals surface area contributed by atoms with Crippen molar-refractivity contribution >= 4 is 5.69 Å². The van der Waals surface area contributed by atoms with Gasteiger partial charge < -0.3 is 5.32 Å². The van der Waals surface area contributed by atoms with E-state index in [9.17, 15) is 4.39 Å². The Bertz CT molecular complexity index is 493.